The van der Waals surface area contributed by atoms with E-state index in [9.17, 15) is 9.50 Å². The van der Waals surface area contributed by atoms with Crippen LogP contribution in [0.15, 0.2) is 12.1 Å². The Morgan fingerprint density at radius 2 is 2.06 bits per heavy atom. The molecule has 2 N–H and O–H groups in total. The van der Waals surface area contributed by atoms with E-state index >= 15 is 0 Å². The summed E-state index contributed by atoms with van der Waals surface area (Å²) in [6.45, 7) is 4.03. The van der Waals surface area contributed by atoms with Crippen molar-refractivity contribution in [3.8, 4) is 5.75 Å². The molecule has 0 atom stereocenters. The van der Waals surface area contributed by atoms with Gasteiger partial charge in [-0.05, 0) is 68.5 Å². The van der Waals surface area contributed by atoms with Crippen molar-refractivity contribution in [3.63, 3.8) is 0 Å². The minimum atomic E-state index is -0.522. The van der Waals surface area contributed by atoms with Gasteiger partial charge in [-0.25, -0.2) is 4.39 Å². The summed E-state index contributed by atoms with van der Waals surface area (Å²) < 4.78 is 13.1. The highest BCUT2D eigenvalue weighted by molar-refractivity contribution is 5.35. The largest absolute Gasteiger partial charge is 0.505 e. The van der Waals surface area contributed by atoms with Crippen LogP contribution in [0.3, 0.4) is 0 Å². The number of phenolic OH excluding ortho intramolecular Hbond substituents is 1. The van der Waals surface area contributed by atoms with E-state index in [0.29, 0.717) is 5.92 Å². The first-order chi connectivity index (χ1) is 7.66. The maximum Gasteiger partial charge on any atom is 0.165 e. The second kappa shape index (κ2) is 4.83. The number of aromatic hydroxyl groups is 1. The Morgan fingerprint density at radius 1 is 1.38 bits per heavy atom. The van der Waals surface area contributed by atoms with Crippen LogP contribution in [0.25, 0.3) is 0 Å². The highest BCUT2D eigenvalue weighted by atomic mass is 19.1. The minimum absolute atomic E-state index is 0.227. The summed E-state index contributed by atoms with van der Waals surface area (Å²) in [6.07, 6.45) is 3.27. The lowest BCUT2D eigenvalue weighted by atomic mass is 9.89. The van der Waals surface area contributed by atoms with Gasteiger partial charge >= 0.3 is 0 Å². The van der Waals surface area contributed by atoms with Gasteiger partial charge in [-0.2, -0.15) is 0 Å². The second-order valence-corrected chi connectivity index (χ2v) is 4.63. The van der Waals surface area contributed by atoms with Gasteiger partial charge in [0.1, 0.15) is 0 Å². The molecule has 2 rings (SSSR count). The lowest BCUT2D eigenvalue weighted by Crippen LogP contribution is -2.28. The number of nitrogens with one attached hydrogen (secondary N) is 1. The monoisotopic (exact) mass is 223 g/mol. The molecule has 1 aromatic carbocycles. The summed E-state index contributed by atoms with van der Waals surface area (Å²) in [5, 5.41) is 12.7. The molecule has 0 spiro atoms. The molecule has 0 radical (unpaired) electrons. The first-order valence-corrected chi connectivity index (χ1v) is 5.85. The molecule has 1 fully saturated rings. The van der Waals surface area contributed by atoms with Gasteiger partial charge in [0.25, 0.3) is 0 Å². The van der Waals surface area contributed by atoms with Gasteiger partial charge < -0.3 is 10.4 Å². The summed E-state index contributed by atoms with van der Waals surface area (Å²) in [5.74, 6) is -0.0918. The van der Waals surface area contributed by atoms with Gasteiger partial charge in [0.05, 0.1) is 0 Å². The summed E-state index contributed by atoms with van der Waals surface area (Å²) in [7, 11) is 0. The Hall–Kier alpha value is -1.09. The molecule has 1 aliphatic heterocycles. The van der Waals surface area contributed by atoms with E-state index in [0.717, 1.165) is 43.5 Å². The number of piperidine rings is 1. The molecule has 3 heteroatoms. The van der Waals surface area contributed by atoms with Crippen molar-refractivity contribution in [2.75, 3.05) is 13.1 Å². The van der Waals surface area contributed by atoms with E-state index in [-0.39, 0.29) is 5.75 Å². The summed E-state index contributed by atoms with van der Waals surface area (Å²) in [4.78, 5) is 0. The zero-order chi connectivity index (χ0) is 11.5. The van der Waals surface area contributed by atoms with Crippen molar-refractivity contribution < 1.29 is 9.50 Å². The molecular weight excluding hydrogens is 205 g/mol. The van der Waals surface area contributed by atoms with E-state index < -0.39 is 5.82 Å². The zero-order valence-electron chi connectivity index (χ0n) is 9.59. The average Bonchev–Trinajstić information content (AvgIpc) is 2.27. The highest BCUT2D eigenvalue weighted by Gasteiger charge is 2.15. The Labute approximate surface area is 95.5 Å². The molecule has 0 amide bonds. The quantitative estimate of drug-likeness (QED) is 0.806. The fraction of sp³-hybridized carbons (Fsp3) is 0.538. The maximum absolute atomic E-state index is 13.1. The van der Waals surface area contributed by atoms with E-state index in [4.69, 9.17) is 0 Å². The number of rotatable bonds is 2. The molecule has 1 heterocycles. The third-order valence-corrected chi connectivity index (χ3v) is 3.37. The standard InChI is InChI=1S/C13H18FNO/c1-9-6-12(14)13(16)8-11(9)7-10-2-4-15-5-3-10/h6,8,10,15-16H,2-5,7H2,1H3. The molecule has 16 heavy (non-hydrogen) atoms. The van der Waals surface area contributed by atoms with Gasteiger partial charge in [-0.15, -0.1) is 0 Å². The maximum atomic E-state index is 13.1. The normalized spacial score (nSPS) is 17.6. The minimum Gasteiger partial charge on any atom is -0.505 e. The van der Waals surface area contributed by atoms with Crippen LogP contribution in [0.5, 0.6) is 5.75 Å². The van der Waals surface area contributed by atoms with E-state index in [2.05, 4.69) is 5.32 Å². The lowest BCUT2D eigenvalue weighted by Gasteiger charge is -2.23. The van der Waals surface area contributed by atoms with Crippen LogP contribution < -0.4 is 5.32 Å². The van der Waals surface area contributed by atoms with Gasteiger partial charge in [-0.1, -0.05) is 0 Å². The molecule has 1 aromatic rings. The number of phenols is 1. The fourth-order valence-corrected chi connectivity index (χ4v) is 2.32. The van der Waals surface area contributed by atoms with Crippen LogP contribution in [0.1, 0.15) is 24.0 Å². The van der Waals surface area contributed by atoms with Crippen molar-refractivity contribution in [1.29, 1.82) is 0 Å². The van der Waals surface area contributed by atoms with E-state index in [1.165, 1.54) is 6.07 Å². The van der Waals surface area contributed by atoms with Crippen LogP contribution in [0, 0.1) is 18.7 Å². The van der Waals surface area contributed by atoms with Crippen molar-refractivity contribution in [2.24, 2.45) is 5.92 Å². The molecule has 0 unspecified atom stereocenters. The zero-order valence-corrected chi connectivity index (χ0v) is 9.59. The summed E-state index contributed by atoms with van der Waals surface area (Å²) >= 11 is 0. The summed E-state index contributed by atoms with van der Waals surface area (Å²) in [6, 6.07) is 3.00. The van der Waals surface area contributed by atoms with E-state index in [1.807, 2.05) is 6.92 Å². The smallest absolute Gasteiger partial charge is 0.165 e. The Morgan fingerprint density at radius 3 is 2.75 bits per heavy atom. The SMILES string of the molecule is Cc1cc(F)c(O)cc1CC1CCNCC1. The number of aryl methyl sites for hydroxylation is 1. The fourth-order valence-electron chi connectivity index (χ4n) is 2.32. The lowest BCUT2D eigenvalue weighted by molar-refractivity contribution is 0.370. The predicted molar refractivity (Wildman–Crippen MR) is 62.1 cm³/mol. The molecule has 2 nitrogen and oxygen atoms in total. The van der Waals surface area contributed by atoms with Crippen LogP contribution in [0.4, 0.5) is 4.39 Å². The van der Waals surface area contributed by atoms with Gasteiger partial charge in [0, 0.05) is 0 Å². The predicted octanol–water partition coefficient (Wildman–Crippen LogP) is 2.38. The van der Waals surface area contributed by atoms with Crippen LogP contribution >= 0.6 is 0 Å². The van der Waals surface area contributed by atoms with Crippen LogP contribution in [0.2, 0.25) is 0 Å². The van der Waals surface area contributed by atoms with Crippen molar-refractivity contribution in [3.05, 3.63) is 29.1 Å². The third kappa shape index (κ3) is 2.53. The van der Waals surface area contributed by atoms with Crippen LogP contribution in [-0.2, 0) is 6.42 Å². The van der Waals surface area contributed by atoms with Gasteiger partial charge in [0.15, 0.2) is 11.6 Å². The molecule has 1 saturated heterocycles. The number of benzene rings is 1. The molecule has 0 aromatic heterocycles. The first kappa shape index (κ1) is 11.4. The molecular formula is C13H18FNO. The van der Waals surface area contributed by atoms with Crippen LogP contribution in [-0.4, -0.2) is 18.2 Å². The molecule has 1 aliphatic rings. The van der Waals surface area contributed by atoms with Crippen molar-refractivity contribution in [2.45, 2.75) is 26.2 Å². The van der Waals surface area contributed by atoms with Crippen molar-refractivity contribution >= 4 is 0 Å². The number of hydrogen-bond donors (Lipinski definition) is 2. The van der Waals surface area contributed by atoms with Gasteiger partial charge in [0.2, 0.25) is 0 Å². The Kier molecular flexibility index (Phi) is 3.44. The van der Waals surface area contributed by atoms with E-state index in [1.54, 1.807) is 6.07 Å². The molecule has 88 valence electrons. The molecule has 0 bridgehead atoms. The Balaban J connectivity index is 2.11. The second-order valence-electron chi connectivity index (χ2n) is 4.63. The third-order valence-electron chi connectivity index (χ3n) is 3.37. The topological polar surface area (TPSA) is 32.3 Å². The number of halogens is 1. The van der Waals surface area contributed by atoms with Crippen molar-refractivity contribution in [1.82, 2.24) is 5.32 Å². The first-order valence-electron chi connectivity index (χ1n) is 5.85. The van der Waals surface area contributed by atoms with Gasteiger partial charge in [-0.3, -0.25) is 0 Å². The average molecular weight is 223 g/mol. The highest BCUT2D eigenvalue weighted by Crippen LogP contribution is 2.25. The molecule has 0 saturated carbocycles. The Bertz CT molecular complexity index is 372. The number of hydrogen-bond acceptors (Lipinski definition) is 2. The molecule has 0 aliphatic carbocycles. The summed E-state index contributed by atoms with van der Waals surface area (Å²) in [5.41, 5.74) is 2.01.